The van der Waals surface area contributed by atoms with Crippen molar-refractivity contribution < 1.29 is 19.7 Å². The molecular formula is C5H10N2O4. The summed E-state index contributed by atoms with van der Waals surface area (Å²) in [7, 11) is 0. The fraction of sp³-hybridized carbons (Fsp3) is 0.800. The van der Waals surface area contributed by atoms with E-state index in [4.69, 9.17) is 15.7 Å². The van der Waals surface area contributed by atoms with Gasteiger partial charge in [0.15, 0.2) is 0 Å². The number of hydrazine groups is 1. The molecule has 0 aromatic heterocycles. The molecule has 1 atom stereocenters. The highest BCUT2D eigenvalue weighted by Gasteiger charge is 2.43. The second kappa shape index (κ2) is 2.74. The lowest BCUT2D eigenvalue weighted by atomic mass is 10.2. The van der Waals surface area contributed by atoms with Crippen LogP contribution in [0.4, 0.5) is 0 Å². The molecule has 1 aliphatic rings. The Balaban J connectivity index is 2.72. The molecule has 64 valence electrons. The van der Waals surface area contributed by atoms with Crippen molar-refractivity contribution in [1.29, 1.82) is 0 Å². The van der Waals surface area contributed by atoms with Crippen LogP contribution in [0, 0.1) is 0 Å². The Bertz CT molecular complexity index is 174. The van der Waals surface area contributed by atoms with Crippen LogP contribution in [0.3, 0.4) is 0 Å². The predicted molar refractivity (Wildman–Crippen MR) is 34.3 cm³/mol. The highest BCUT2D eigenvalue weighted by Crippen LogP contribution is 2.12. The van der Waals surface area contributed by atoms with E-state index >= 15 is 0 Å². The van der Waals surface area contributed by atoms with E-state index in [1.807, 2.05) is 0 Å². The van der Waals surface area contributed by atoms with Crippen molar-refractivity contribution in [3.05, 3.63) is 0 Å². The average Bonchev–Trinajstić information content (AvgIpc) is 1.95. The molecule has 1 rings (SSSR count). The standard InChI is InChI=1S/C5H10N2O4/c6-7-1-2-11-3-5(7,10)4(8)9/h10H,1-3,6H2,(H,8,9). The van der Waals surface area contributed by atoms with Gasteiger partial charge in [-0.2, -0.15) is 0 Å². The number of hydrogen-bond acceptors (Lipinski definition) is 5. The molecule has 6 nitrogen and oxygen atoms in total. The normalized spacial score (nSPS) is 33.6. The Kier molecular flexibility index (Phi) is 2.10. The molecule has 0 aliphatic carbocycles. The summed E-state index contributed by atoms with van der Waals surface area (Å²) in [6.07, 6.45) is 0. The van der Waals surface area contributed by atoms with E-state index in [1.54, 1.807) is 0 Å². The monoisotopic (exact) mass is 162 g/mol. The molecular weight excluding hydrogens is 152 g/mol. The van der Waals surface area contributed by atoms with Crippen molar-refractivity contribution >= 4 is 5.97 Å². The number of aliphatic carboxylic acids is 1. The van der Waals surface area contributed by atoms with Gasteiger partial charge >= 0.3 is 5.97 Å². The summed E-state index contributed by atoms with van der Waals surface area (Å²) in [6.45, 7) is 0.258. The van der Waals surface area contributed by atoms with E-state index in [2.05, 4.69) is 0 Å². The predicted octanol–water partition coefficient (Wildman–Crippen LogP) is -2.03. The molecule has 1 heterocycles. The summed E-state index contributed by atoms with van der Waals surface area (Å²) in [6, 6.07) is 0. The van der Waals surface area contributed by atoms with Crippen LogP contribution in [0.1, 0.15) is 0 Å². The van der Waals surface area contributed by atoms with E-state index < -0.39 is 11.7 Å². The van der Waals surface area contributed by atoms with E-state index in [9.17, 15) is 9.90 Å². The van der Waals surface area contributed by atoms with E-state index in [1.165, 1.54) is 0 Å². The molecule has 4 N–H and O–H groups in total. The minimum atomic E-state index is -2.06. The molecule has 0 bridgehead atoms. The average molecular weight is 162 g/mol. The SMILES string of the molecule is NN1CCOCC1(O)C(=O)O. The molecule has 6 heteroatoms. The quantitative estimate of drug-likeness (QED) is 0.385. The number of aliphatic hydroxyl groups is 1. The van der Waals surface area contributed by atoms with E-state index in [-0.39, 0.29) is 13.2 Å². The van der Waals surface area contributed by atoms with Crippen molar-refractivity contribution in [3.8, 4) is 0 Å². The number of morpholine rings is 1. The van der Waals surface area contributed by atoms with Crippen molar-refractivity contribution in [3.63, 3.8) is 0 Å². The second-order valence-electron chi connectivity index (χ2n) is 2.37. The van der Waals surface area contributed by atoms with Crippen LogP contribution >= 0.6 is 0 Å². The molecule has 11 heavy (non-hydrogen) atoms. The Morgan fingerprint density at radius 3 is 2.73 bits per heavy atom. The number of carboxylic acids is 1. The third kappa shape index (κ3) is 1.33. The van der Waals surface area contributed by atoms with Gasteiger partial charge in [0.1, 0.15) is 6.61 Å². The molecule has 0 spiro atoms. The van der Waals surface area contributed by atoms with Gasteiger partial charge in [-0.15, -0.1) is 0 Å². The maximum Gasteiger partial charge on any atom is 0.355 e. The lowest BCUT2D eigenvalue weighted by molar-refractivity contribution is -0.213. The first-order valence-electron chi connectivity index (χ1n) is 3.13. The molecule has 1 unspecified atom stereocenters. The largest absolute Gasteiger partial charge is 0.478 e. The van der Waals surface area contributed by atoms with Gasteiger partial charge in [-0.1, -0.05) is 0 Å². The van der Waals surface area contributed by atoms with Crippen molar-refractivity contribution in [2.45, 2.75) is 5.72 Å². The van der Waals surface area contributed by atoms with E-state index in [0.717, 1.165) is 5.01 Å². The zero-order chi connectivity index (χ0) is 8.48. The zero-order valence-electron chi connectivity index (χ0n) is 5.86. The fourth-order valence-corrected chi connectivity index (χ4v) is 0.830. The minimum Gasteiger partial charge on any atom is -0.478 e. The van der Waals surface area contributed by atoms with E-state index in [0.29, 0.717) is 6.61 Å². The summed E-state index contributed by atoms with van der Waals surface area (Å²) < 4.78 is 4.76. The third-order valence-electron chi connectivity index (χ3n) is 1.60. The number of hydrogen-bond donors (Lipinski definition) is 3. The summed E-state index contributed by atoms with van der Waals surface area (Å²) in [5.74, 6) is 3.85. The third-order valence-corrected chi connectivity index (χ3v) is 1.60. The molecule has 0 aromatic carbocycles. The van der Waals surface area contributed by atoms with Crippen molar-refractivity contribution in [2.24, 2.45) is 5.84 Å². The minimum absolute atomic E-state index is 0.211. The van der Waals surface area contributed by atoms with Gasteiger partial charge < -0.3 is 14.9 Å². The first kappa shape index (κ1) is 8.41. The van der Waals surface area contributed by atoms with Gasteiger partial charge in [0.25, 0.3) is 5.72 Å². The Morgan fingerprint density at radius 1 is 1.73 bits per heavy atom. The lowest BCUT2D eigenvalue weighted by Crippen LogP contribution is -2.64. The second-order valence-corrected chi connectivity index (χ2v) is 2.37. The van der Waals surface area contributed by atoms with Crippen LogP contribution in [-0.2, 0) is 9.53 Å². The first-order chi connectivity index (χ1) is 5.07. The molecule has 1 fully saturated rings. The first-order valence-corrected chi connectivity index (χ1v) is 3.13. The molecule has 0 saturated carbocycles. The van der Waals surface area contributed by atoms with Crippen LogP contribution in [0.25, 0.3) is 0 Å². The molecule has 1 aliphatic heterocycles. The highest BCUT2D eigenvalue weighted by molar-refractivity contribution is 5.76. The molecule has 0 radical (unpaired) electrons. The van der Waals surface area contributed by atoms with Crippen LogP contribution < -0.4 is 5.84 Å². The van der Waals surface area contributed by atoms with Gasteiger partial charge in [0.2, 0.25) is 0 Å². The van der Waals surface area contributed by atoms with Crippen LogP contribution in [-0.4, -0.2) is 46.7 Å². The van der Waals surface area contributed by atoms with Gasteiger partial charge in [-0.25, -0.2) is 9.80 Å². The van der Waals surface area contributed by atoms with Crippen LogP contribution in [0.15, 0.2) is 0 Å². The number of carbonyl (C=O) groups is 1. The smallest absolute Gasteiger partial charge is 0.355 e. The maximum absolute atomic E-state index is 10.4. The molecule has 1 saturated heterocycles. The molecule has 0 aromatic rings. The van der Waals surface area contributed by atoms with Gasteiger partial charge in [-0.3, -0.25) is 5.84 Å². The van der Waals surface area contributed by atoms with Crippen LogP contribution in [0.2, 0.25) is 0 Å². The summed E-state index contributed by atoms with van der Waals surface area (Å²) in [5, 5.41) is 18.7. The van der Waals surface area contributed by atoms with Crippen LogP contribution in [0.5, 0.6) is 0 Å². The highest BCUT2D eigenvalue weighted by atomic mass is 16.5. The fourth-order valence-electron chi connectivity index (χ4n) is 0.830. The van der Waals surface area contributed by atoms with Gasteiger partial charge in [0, 0.05) is 6.54 Å². The Hall–Kier alpha value is -0.690. The number of ether oxygens (including phenoxy) is 1. The summed E-state index contributed by atoms with van der Waals surface area (Å²) >= 11 is 0. The number of rotatable bonds is 1. The maximum atomic E-state index is 10.4. The summed E-state index contributed by atoms with van der Waals surface area (Å²) in [5.41, 5.74) is -2.06. The molecule has 0 amide bonds. The lowest BCUT2D eigenvalue weighted by Gasteiger charge is -2.35. The Morgan fingerprint density at radius 2 is 2.36 bits per heavy atom. The number of nitrogens with zero attached hydrogens (tertiary/aromatic N) is 1. The topological polar surface area (TPSA) is 96.0 Å². The van der Waals surface area contributed by atoms with Crippen molar-refractivity contribution in [1.82, 2.24) is 5.01 Å². The van der Waals surface area contributed by atoms with Gasteiger partial charge in [0.05, 0.1) is 6.61 Å². The van der Waals surface area contributed by atoms with Crippen molar-refractivity contribution in [2.75, 3.05) is 19.8 Å². The summed E-state index contributed by atoms with van der Waals surface area (Å²) in [4.78, 5) is 10.4. The number of carboxylic acid groups (broad SMARTS) is 1. The Labute approximate surface area is 63.1 Å². The zero-order valence-corrected chi connectivity index (χ0v) is 5.86. The number of nitrogens with two attached hydrogens (primary N) is 1. The van der Waals surface area contributed by atoms with Gasteiger partial charge in [-0.05, 0) is 0 Å².